The molecule has 1 heterocycles. The number of carbonyl (C=O) groups is 1. The van der Waals surface area contributed by atoms with Gasteiger partial charge in [-0.25, -0.2) is 0 Å². The first kappa shape index (κ1) is 22.6. The molecular formula is C26H26N4O2S. The second-order valence-electron chi connectivity index (χ2n) is 7.81. The average molecular weight is 459 g/mol. The molecule has 1 N–H and O–H groups in total. The van der Waals surface area contributed by atoms with Crippen LogP contribution in [0.1, 0.15) is 25.3 Å². The second kappa shape index (κ2) is 10.8. The van der Waals surface area contributed by atoms with E-state index < -0.39 is 0 Å². The second-order valence-corrected chi connectivity index (χ2v) is 8.73. The van der Waals surface area contributed by atoms with Crippen molar-refractivity contribution in [1.82, 2.24) is 10.2 Å². The molecule has 0 spiro atoms. The molecule has 3 aromatic carbocycles. The number of nitrogens with one attached hydrogen (secondary N) is 1. The van der Waals surface area contributed by atoms with E-state index in [0.717, 1.165) is 22.6 Å². The molecule has 1 amide bonds. The van der Waals surface area contributed by atoms with Gasteiger partial charge < -0.3 is 14.6 Å². The fourth-order valence-corrected chi connectivity index (χ4v) is 4.09. The van der Waals surface area contributed by atoms with Crippen molar-refractivity contribution in [3.8, 4) is 0 Å². The highest BCUT2D eigenvalue weighted by Gasteiger charge is 2.20. The van der Waals surface area contributed by atoms with Gasteiger partial charge in [0.05, 0.1) is 12.2 Å². The van der Waals surface area contributed by atoms with Crippen molar-refractivity contribution in [2.75, 3.05) is 16.0 Å². The Kier molecular flexibility index (Phi) is 7.42. The highest BCUT2D eigenvalue weighted by Crippen LogP contribution is 2.25. The van der Waals surface area contributed by atoms with Crippen LogP contribution in [-0.2, 0) is 11.2 Å². The molecule has 33 heavy (non-hydrogen) atoms. The van der Waals surface area contributed by atoms with Gasteiger partial charge in [-0.2, -0.15) is 0 Å². The smallest absolute Gasteiger partial charge is 0.277 e. The Balaban J connectivity index is 1.36. The van der Waals surface area contributed by atoms with Gasteiger partial charge in [0, 0.05) is 23.1 Å². The van der Waals surface area contributed by atoms with E-state index in [1.165, 1.54) is 11.8 Å². The van der Waals surface area contributed by atoms with Gasteiger partial charge in [0.2, 0.25) is 11.8 Å². The number of nitrogens with zero attached hydrogens (tertiary/aromatic N) is 3. The fourth-order valence-electron chi connectivity index (χ4n) is 3.46. The number of hydrogen-bond donors (Lipinski definition) is 1. The van der Waals surface area contributed by atoms with E-state index in [1.54, 1.807) is 4.90 Å². The number of anilines is 3. The summed E-state index contributed by atoms with van der Waals surface area (Å²) >= 11 is 1.26. The third-order valence-electron chi connectivity index (χ3n) is 4.96. The van der Waals surface area contributed by atoms with Gasteiger partial charge in [-0.05, 0) is 55.8 Å². The molecule has 0 saturated heterocycles. The first-order valence-electron chi connectivity index (χ1n) is 10.8. The van der Waals surface area contributed by atoms with E-state index in [0.29, 0.717) is 17.5 Å². The average Bonchev–Trinajstić information content (AvgIpc) is 3.27. The Morgan fingerprint density at radius 1 is 0.909 bits per heavy atom. The van der Waals surface area contributed by atoms with Crippen LogP contribution in [0.4, 0.5) is 17.1 Å². The number of hydrogen-bond acceptors (Lipinski definition) is 6. The molecule has 4 rings (SSSR count). The van der Waals surface area contributed by atoms with Gasteiger partial charge in [0.1, 0.15) is 0 Å². The van der Waals surface area contributed by atoms with E-state index in [1.807, 2.05) is 98.8 Å². The zero-order valence-electron chi connectivity index (χ0n) is 18.6. The molecule has 6 nitrogen and oxygen atoms in total. The van der Waals surface area contributed by atoms with Crippen molar-refractivity contribution < 1.29 is 9.21 Å². The standard InChI is InChI=1S/C26H26N4O2S/c1-19(2)30(23-15-13-22(14-16-23)27-21-11-7-4-8-12-21)25(31)18-33-26-29-28-24(32-26)17-20-9-5-3-6-10-20/h3-16,19,27H,17-18H2,1-2H3. The molecule has 0 aliphatic heterocycles. The normalized spacial score (nSPS) is 10.9. The SMILES string of the molecule is CC(C)N(C(=O)CSc1nnc(Cc2ccccc2)o1)c1ccc(Nc2ccccc2)cc1. The summed E-state index contributed by atoms with van der Waals surface area (Å²) in [6.45, 7) is 4.01. The summed E-state index contributed by atoms with van der Waals surface area (Å²) in [5.41, 5.74) is 3.94. The van der Waals surface area contributed by atoms with Gasteiger partial charge in [-0.15, -0.1) is 10.2 Å². The van der Waals surface area contributed by atoms with Crippen molar-refractivity contribution in [3.63, 3.8) is 0 Å². The Labute approximate surface area is 198 Å². The lowest BCUT2D eigenvalue weighted by atomic mass is 10.2. The third-order valence-corrected chi connectivity index (χ3v) is 5.76. The Hall–Kier alpha value is -3.58. The number of rotatable bonds is 9. The predicted octanol–water partition coefficient (Wildman–Crippen LogP) is 5.94. The Bertz CT molecular complexity index is 1160. The molecule has 1 aromatic heterocycles. The summed E-state index contributed by atoms with van der Waals surface area (Å²) in [7, 11) is 0. The van der Waals surface area contributed by atoms with Crippen LogP contribution in [0.25, 0.3) is 0 Å². The van der Waals surface area contributed by atoms with Crippen LogP contribution >= 0.6 is 11.8 Å². The van der Waals surface area contributed by atoms with Crippen molar-refractivity contribution in [2.24, 2.45) is 0 Å². The van der Waals surface area contributed by atoms with E-state index in [4.69, 9.17) is 4.42 Å². The minimum Gasteiger partial charge on any atom is -0.416 e. The van der Waals surface area contributed by atoms with Crippen LogP contribution < -0.4 is 10.2 Å². The summed E-state index contributed by atoms with van der Waals surface area (Å²) in [5.74, 6) is 0.745. The number of benzene rings is 3. The molecule has 0 atom stereocenters. The minimum atomic E-state index is -0.0124. The van der Waals surface area contributed by atoms with Gasteiger partial charge in [0.25, 0.3) is 5.22 Å². The van der Waals surface area contributed by atoms with Crippen LogP contribution in [0.5, 0.6) is 0 Å². The number of amides is 1. The fraction of sp³-hybridized carbons (Fsp3) is 0.192. The largest absolute Gasteiger partial charge is 0.416 e. The number of carbonyl (C=O) groups excluding carboxylic acids is 1. The van der Waals surface area contributed by atoms with Crippen LogP contribution in [0, 0.1) is 0 Å². The maximum absolute atomic E-state index is 13.0. The number of aromatic nitrogens is 2. The molecule has 0 bridgehead atoms. The molecule has 0 aliphatic rings. The number of para-hydroxylation sites is 1. The van der Waals surface area contributed by atoms with Crippen molar-refractivity contribution >= 4 is 34.7 Å². The number of thioether (sulfide) groups is 1. The molecule has 4 aromatic rings. The predicted molar refractivity (Wildman–Crippen MR) is 133 cm³/mol. The third kappa shape index (κ3) is 6.23. The van der Waals surface area contributed by atoms with E-state index in [-0.39, 0.29) is 17.7 Å². The lowest BCUT2D eigenvalue weighted by molar-refractivity contribution is -0.116. The zero-order valence-corrected chi connectivity index (χ0v) is 19.5. The van der Waals surface area contributed by atoms with Crippen molar-refractivity contribution in [1.29, 1.82) is 0 Å². The van der Waals surface area contributed by atoms with Crippen molar-refractivity contribution in [3.05, 3.63) is 96.4 Å². The first-order valence-corrected chi connectivity index (χ1v) is 11.8. The molecule has 7 heteroatoms. The van der Waals surface area contributed by atoms with Crippen LogP contribution in [0.3, 0.4) is 0 Å². The molecule has 0 unspecified atom stereocenters. The van der Waals surface area contributed by atoms with Gasteiger partial charge in [-0.3, -0.25) is 4.79 Å². The molecule has 0 fully saturated rings. The zero-order chi connectivity index (χ0) is 23.0. The topological polar surface area (TPSA) is 71.3 Å². The quantitative estimate of drug-likeness (QED) is 0.313. The maximum atomic E-state index is 13.0. The summed E-state index contributed by atoms with van der Waals surface area (Å²) < 4.78 is 5.72. The van der Waals surface area contributed by atoms with Crippen LogP contribution in [0.15, 0.2) is 94.6 Å². The highest BCUT2D eigenvalue weighted by atomic mass is 32.2. The lowest BCUT2D eigenvalue weighted by Crippen LogP contribution is -2.38. The first-order chi connectivity index (χ1) is 16.1. The highest BCUT2D eigenvalue weighted by molar-refractivity contribution is 7.99. The van der Waals surface area contributed by atoms with Gasteiger partial charge >= 0.3 is 0 Å². The molecule has 0 aliphatic carbocycles. The Morgan fingerprint density at radius 2 is 1.55 bits per heavy atom. The van der Waals surface area contributed by atoms with E-state index in [9.17, 15) is 4.79 Å². The van der Waals surface area contributed by atoms with Crippen LogP contribution in [0.2, 0.25) is 0 Å². The summed E-state index contributed by atoms with van der Waals surface area (Å²) in [6, 6.07) is 27.8. The maximum Gasteiger partial charge on any atom is 0.277 e. The molecule has 0 saturated carbocycles. The Morgan fingerprint density at radius 3 is 2.21 bits per heavy atom. The summed E-state index contributed by atoms with van der Waals surface area (Å²) in [6.07, 6.45) is 0.573. The van der Waals surface area contributed by atoms with E-state index >= 15 is 0 Å². The van der Waals surface area contributed by atoms with E-state index in [2.05, 4.69) is 15.5 Å². The molecule has 0 radical (unpaired) electrons. The van der Waals surface area contributed by atoms with Crippen LogP contribution in [-0.4, -0.2) is 27.9 Å². The molecular weight excluding hydrogens is 432 g/mol. The lowest BCUT2D eigenvalue weighted by Gasteiger charge is -2.27. The molecule has 168 valence electrons. The van der Waals surface area contributed by atoms with Gasteiger partial charge in [0.15, 0.2) is 0 Å². The summed E-state index contributed by atoms with van der Waals surface area (Å²) in [5, 5.41) is 11.9. The van der Waals surface area contributed by atoms with Gasteiger partial charge in [-0.1, -0.05) is 60.3 Å². The monoisotopic (exact) mass is 458 g/mol. The summed E-state index contributed by atoms with van der Waals surface area (Å²) in [4.78, 5) is 14.8. The van der Waals surface area contributed by atoms with Crippen molar-refractivity contribution in [2.45, 2.75) is 31.5 Å². The minimum absolute atomic E-state index is 0.0124.